The molecule has 1 unspecified atom stereocenters. The lowest BCUT2D eigenvalue weighted by Crippen LogP contribution is -2.58. The van der Waals surface area contributed by atoms with E-state index in [1.165, 1.54) is 4.90 Å². The summed E-state index contributed by atoms with van der Waals surface area (Å²) in [5.41, 5.74) is -1.39. The van der Waals surface area contributed by atoms with Gasteiger partial charge in [0.15, 0.2) is 6.04 Å². The third-order valence-electron chi connectivity index (χ3n) is 3.27. The van der Waals surface area contributed by atoms with Gasteiger partial charge in [-0.1, -0.05) is 0 Å². The second-order valence-electron chi connectivity index (χ2n) is 5.82. The first kappa shape index (κ1) is 13.1. The van der Waals surface area contributed by atoms with Crippen LogP contribution in [0.1, 0.15) is 40.0 Å². The van der Waals surface area contributed by atoms with Crippen LogP contribution in [0.4, 0.5) is 4.79 Å². The summed E-state index contributed by atoms with van der Waals surface area (Å²) in [4.78, 5) is 24.6. The number of ether oxygens (including phenoxy) is 2. The molecule has 2 rings (SSSR count). The van der Waals surface area contributed by atoms with Gasteiger partial charge in [0.25, 0.3) is 0 Å². The van der Waals surface area contributed by atoms with Crippen molar-refractivity contribution in [2.24, 2.45) is 0 Å². The molecule has 1 heterocycles. The summed E-state index contributed by atoms with van der Waals surface area (Å²) in [6, 6.07) is -0.944. The van der Waals surface area contributed by atoms with Crippen LogP contribution in [0.2, 0.25) is 0 Å². The number of amides is 1. The molecular weight excluding hydrogens is 238 g/mol. The van der Waals surface area contributed by atoms with E-state index >= 15 is 0 Å². The van der Waals surface area contributed by atoms with E-state index in [-0.39, 0.29) is 6.61 Å². The molecule has 0 aromatic rings. The van der Waals surface area contributed by atoms with Gasteiger partial charge in [0, 0.05) is 0 Å². The molecule has 0 radical (unpaired) electrons. The average Bonchev–Trinajstić information content (AvgIpc) is 2.53. The molecule has 1 amide bonds. The lowest BCUT2D eigenvalue weighted by Gasteiger charge is -2.44. The Bertz CT molecular complexity index is 369. The highest BCUT2D eigenvalue weighted by atomic mass is 16.6. The standard InChI is InChI=1S/C12H19NO5/c1-11(2,3)18-10(16)13-8(9(14)15)7-17-12(13)5-4-6-12/h8H,4-7H2,1-3H3,(H,14,15). The summed E-state index contributed by atoms with van der Waals surface area (Å²) in [6.07, 6.45) is 1.68. The predicted octanol–water partition coefficient (Wildman–Crippen LogP) is 1.59. The molecule has 2 aliphatic rings. The van der Waals surface area contributed by atoms with Crippen LogP contribution in [-0.4, -0.2) is 46.0 Å². The zero-order chi connectivity index (χ0) is 13.6. The molecule has 0 bridgehead atoms. The Kier molecular flexibility index (Phi) is 3.01. The molecule has 1 saturated heterocycles. The van der Waals surface area contributed by atoms with Gasteiger partial charge in [0.1, 0.15) is 11.3 Å². The number of hydrogen-bond donors (Lipinski definition) is 1. The average molecular weight is 257 g/mol. The van der Waals surface area contributed by atoms with Crippen LogP contribution in [-0.2, 0) is 14.3 Å². The van der Waals surface area contributed by atoms with Crippen molar-refractivity contribution < 1.29 is 24.2 Å². The number of aliphatic carboxylic acids is 1. The van der Waals surface area contributed by atoms with E-state index < -0.39 is 29.4 Å². The molecule has 6 heteroatoms. The van der Waals surface area contributed by atoms with Crippen molar-refractivity contribution in [1.82, 2.24) is 4.90 Å². The highest BCUT2D eigenvalue weighted by Gasteiger charge is 2.57. The summed E-state index contributed by atoms with van der Waals surface area (Å²) in [5.74, 6) is -1.05. The molecule has 1 atom stereocenters. The minimum atomic E-state index is -1.05. The number of carboxylic acids is 1. The van der Waals surface area contributed by atoms with Crippen molar-refractivity contribution in [2.75, 3.05) is 6.61 Å². The summed E-state index contributed by atoms with van der Waals surface area (Å²) in [5, 5.41) is 9.15. The number of hydrogen-bond acceptors (Lipinski definition) is 4. The third kappa shape index (κ3) is 2.16. The zero-order valence-electron chi connectivity index (χ0n) is 10.9. The van der Waals surface area contributed by atoms with Crippen LogP contribution in [0.5, 0.6) is 0 Å². The summed E-state index contributed by atoms with van der Waals surface area (Å²) < 4.78 is 10.8. The highest BCUT2D eigenvalue weighted by molar-refractivity contribution is 5.81. The molecule has 1 N–H and O–H groups in total. The molecule has 18 heavy (non-hydrogen) atoms. The van der Waals surface area contributed by atoms with Crippen molar-refractivity contribution in [3.63, 3.8) is 0 Å². The summed E-state index contributed by atoms with van der Waals surface area (Å²) in [6.45, 7) is 5.30. The van der Waals surface area contributed by atoms with Gasteiger partial charge in [-0.25, -0.2) is 9.59 Å². The summed E-state index contributed by atoms with van der Waals surface area (Å²) >= 11 is 0. The lowest BCUT2D eigenvalue weighted by molar-refractivity contribution is -0.151. The normalized spacial score (nSPS) is 25.9. The molecular formula is C12H19NO5. The molecule has 0 aromatic carbocycles. The van der Waals surface area contributed by atoms with Gasteiger partial charge in [-0.15, -0.1) is 0 Å². The molecule has 1 saturated carbocycles. The number of carboxylic acid groups (broad SMARTS) is 1. The monoisotopic (exact) mass is 257 g/mol. The van der Waals surface area contributed by atoms with Crippen LogP contribution < -0.4 is 0 Å². The highest BCUT2D eigenvalue weighted by Crippen LogP contribution is 2.44. The first-order valence-corrected chi connectivity index (χ1v) is 6.14. The summed E-state index contributed by atoms with van der Waals surface area (Å²) in [7, 11) is 0. The Morgan fingerprint density at radius 3 is 2.39 bits per heavy atom. The van der Waals surface area contributed by atoms with Crippen LogP contribution in [0, 0.1) is 0 Å². The second-order valence-corrected chi connectivity index (χ2v) is 5.82. The first-order chi connectivity index (χ1) is 8.25. The SMILES string of the molecule is CC(C)(C)OC(=O)N1C(C(=O)O)COC12CCC2. The lowest BCUT2D eigenvalue weighted by atomic mass is 9.87. The van der Waals surface area contributed by atoms with Crippen molar-refractivity contribution >= 4 is 12.1 Å². The van der Waals surface area contributed by atoms with Crippen LogP contribution >= 0.6 is 0 Å². The quantitative estimate of drug-likeness (QED) is 0.772. The number of carbonyl (C=O) groups excluding carboxylic acids is 1. The fourth-order valence-corrected chi connectivity index (χ4v) is 2.31. The van der Waals surface area contributed by atoms with E-state index in [2.05, 4.69) is 0 Å². The topological polar surface area (TPSA) is 76.1 Å². The molecule has 102 valence electrons. The maximum Gasteiger partial charge on any atom is 0.413 e. The minimum Gasteiger partial charge on any atom is -0.480 e. The van der Waals surface area contributed by atoms with E-state index in [4.69, 9.17) is 14.6 Å². The van der Waals surface area contributed by atoms with Crippen molar-refractivity contribution in [3.8, 4) is 0 Å². The molecule has 1 aliphatic carbocycles. The Balaban J connectivity index is 2.19. The number of carbonyl (C=O) groups is 2. The van der Waals surface area contributed by atoms with E-state index in [0.717, 1.165) is 6.42 Å². The smallest absolute Gasteiger partial charge is 0.413 e. The van der Waals surface area contributed by atoms with Crippen LogP contribution in [0.3, 0.4) is 0 Å². The third-order valence-corrected chi connectivity index (χ3v) is 3.27. The zero-order valence-corrected chi connectivity index (χ0v) is 10.9. The predicted molar refractivity (Wildman–Crippen MR) is 62.0 cm³/mol. The van der Waals surface area contributed by atoms with Gasteiger partial charge in [-0.3, -0.25) is 4.90 Å². The Morgan fingerprint density at radius 2 is 2.00 bits per heavy atom. The van der Waals surface area contributed by atoms with E-state index in [0.29, 0.717) is 12.8 Å². The van der Waals surface area contributed by atoms with Gasteiger partial charge < -0.3 is 14.6 Å². The van der Waals surface area contributed by atoms with E-state index in [9.17, 15) is 9.59 Å². The number of nitrogens with zero attached hydrogens (tertiary/aromatic N) is 1. The van der Waals surface area contributed by atoms with E-state index in [1.54, 1.807) is 20.8 Å². The molecule has 1 spiro atoms. The van der Waals surface area contributed by atoms with Crippen LogP contribution in [0.25, 0.3) is 0 Å². The largest absolute Gasteiger partial charge is 0.480 e. The Labute approximate surface area is 106 Å². The van der Waals surface area contributed by atoms with Gasteiger partial charge in [-0.05, 0) is 40.0 Å². The molecule has 6 nitrogen and oxygen atoms in total. The molecule has 1 aliphatic heterocycles. The minimum absolute atomic E-state index is 0.0363. The van der Waals surface area contributed by atoms with Crippen molar-refractivity contribution in [2.45, 2.75) is 57.4 Å². The second kappa shape index (κ2) is 4.12. The maximum absolute atomic E-state index is 12.1. The van der Waals surface area contributed by atoms with Crippen molar-refractivity contribution in [3.05, 3.63) is 0 Å². The number of rotatable bonds is 1. The van der Waals surface area contributed by atoms with Gasteiger partial charge in [0.2, 0.25) is 0 Å². The fourth-order valence-electron chi connectivity index (χ4n) is 2.31. The van der Waals surface area contributed by atoms with Crippen molar-refractivity contribution in [1.29, 1.82) is 0 Å². The van der Waals surface area contributed by atoms with Gasteiger partial charge >= 0.3 is 12.1 Å². The van der Waals surface area contributed by atoms with E-state index in [1.807, 2.05) is 0 Å². The molecule has 0 aromatic heterocycles. The Morgan fingerprint density at radius 1 is 1.39 bits per heavy atom. The van der Waals surface area contributed by atoms with Gasteiger partial charge in [-0.2, -0.15) is 0 Å². The fraction of sp³-hybridized carbons (Fsp3) is 0.833. The van der Waals surface area contributed by atoms with Gasteiger partial charge in [0.05, 0.1) is 6.61 Å². The first-order valence-electron chi connectivity index (χ1n) is 6.14. The Hall–Kier alpha value is -1.30. The maximum atomic E-state index is 12.1. The molecule has 2 fully saturated rings. The van der Waals surface area contributed by atoms with Crippen LogP contribution in [0.15, 0.2) is 0 Å².